The van der Waals surface area contributed by atoms with E-state index in [-0.39, 0.29) is 11.8 Å². The van der Waals surface area contributed by atoms with Crippen molar-refractivity contribution >= 4 is 11.9 Å². The summed E-state index contributed by atoms with van der Waals surface area (Å²) in [6.45, 7) is 4.93. The molecule has 0 saturated carbocycles. The molecule has 2 unspecified atom stereocenters. The van der Waals surface area contributed by atoms with Crippen LogP contribution in [0.15, 0.2) is 18.2 Å². The average Bonchev–Trinajstić information content (AvgIpc) is 2.48. The molecule has 0 aliphatic carbocycles. The van der Waals surface area contributed by atoms with Crippen molar-refractivity contribution in [2.75, 3.05) is 13.2 Å². The first kappa shape index (κ1) is 15.5. The molecule has 0 spiro atoms. The maximum atomic E-state index is 12.2. The van der Waals surface area contributed by atoms with Crippen LogP contribution in [-0.2, 0) is 14.3 Å². The molecule has 0 radical (unpaired) electrons. The highest BCUT2D eigenvalue weighted by Crippen LogP contribution is 2.20. The minimum Gasteiger partial charge on any atom is -0.479 e. The van der Waals surface area contributed by atoms with E-state index in [0.29, 0.717) is 18.8 Å². The molecule has 1 aromatic carbocycles. The number of ether oxygens (including phenoxy) is 1. The molecule has 0 bridgehead atoms. The molecule has 114 valence electrons. The van der Waals surface area contributed by atoms with Crippen LogP contribution < -0.4 is 5.32 Å². The number of rotatable bonds is 4. The van der Waals surface area contributed by atoms with Gasteiger partial charge in [-0.15, -0.1) is 0 Å². The largest absolute Gasteiger partial charge is 0.479 e. The Morgan fingerprint density at radius 3 is 2.67 bits per heavy atom. The number of benzene rings is 1. The highest BCUT2D eigenvalue weighted by Gasteiger charge is 2.28. The number of nitrogens with one attached hydrogen (secondary N) is 1. The van der Waals surface area contributed by atoms with Gasteiger partial charge in [0.15, 0.2) is 6.04 Å². The molecule has 5 nitrogen and oxygen atoms in total. The SMILES string of the molecule is Cc1ccc(C(NC(=O)C2CCCOC2)C(=O)O)cc1C. The lowest BCUT2D eigenvalue weighted by Gasteiger charge is -2.24. The summed E-state index contributed by atoms with van der Waals surface area (Å²) in [4.78, 5) is 23.7. The molecule has 1 amide bonds. The van der Waals surface area contributed by atoms with Crippen LogP contribution in [0.3, 0.4) is 0 Å². The summed E-state index contributed by atoms with van der Waals surface area (Å²) in [5.41, 5.74) is 2.69. The third-order valence-corrected chi connectivity index (χ3v) is 3.93. The Morgan fingerprint density at radius 2 is 2.10 bits per heavy atom. The van der Waals surface area contributed by atoms with E-state index in [1.807, 2.05) is 26.0 Å². The second-order valence-corrected chi connectivity index (χ2v) is 5.54. The molecule has 2 rings (SSSR count). The fourth-order valence-corrected chi connectivity index (χ4v) is 2.44. The van der Waals surface area contributed by atoms with Crippen LogP contribution in [0.2, 0.25) is 0 Å². The number of carbonyl (C=O) groups is 2. The first-order chi connectivity index (χ1) is 9.99. The summed E-state index contributed by atoms with van der Waals surface area (Å²) >= 11 is 0. The summed E-state index contributed by atoms with van der Waals surface area (Å²) in [5.74, 6) is -1.56. The number of carboxylic acids is 1. The zero-order chi connectivity index (χ0) is 15.4. The van der Waals surface area contributed by atoms with Gasteiger partial charge in [0.05, 0.1) is 12.5 Å². The lowest BCUT2D eigenvalue weighted by molar-refractivity contribution is -0.143. The van der Waals surface area contributed by atoms with E-state index < -0.39 is 12.0 Å². The van der Waals surface area contributed by atoms with E-state index in [1.54, 1.807) is 6.07 Å². The molecular weight excluding hydrogens is 270 g/mol. The van der Waals surface area contributed by atoms with Crippen molar-refractivity contribution in [2.45, 2.75) is 32.7 Å². The maximum Gasteiger partial charge on any atom is 0.330 e. The predicted octanol–water partition coefficient (Wildman–Crippen LogP) is 1.97. The van der Waals surface area contributed by atoms with Gasteiger partial charge in [-0.05, 0) is 43.4 Å². The Morgan fingerprint density at radius 1 is 1.33 bits per heavy atom. The molecule has 0 aromatic heterocycles. The molecular formula is C16H21NO4. The molecule has 5 heteroatoms. The van der Waals surface area contributed by atoms with Crippen LogP contribution in [-0.4, -0.2) is 30.2 Å². The van der Waals surface area contributed by atoms with Gasteiger partial charge in [0.2, 0.25) is 5.91 Å². The summed E-state index contributed by atoms with van der Waals surface area (Å²) in [6.07, 6.45) is 1.57. The minimum absolute atomic E-state index is 0.250. The Balaban J connectivity index is 2.13. The van der Waals surface area contributed by atoms with E-state index >= 15 is 0 Å². The summed E-state index contributed by atoms with van der Waals surface area (Å²) < 4.78 is 5.28. The molecule has 2 N–H and O–H groups in total. The van der Waals surface area contributed by atoms with Gasteiger partial charge in [-0.25, -0.2) is 4.79 Å². The fourth-order valence-electron chi connectivity index (χ4n) is 2.44. The third-order valence-electron chi connectivity index (χ3n) is 3.93. The van der Waals surface area contributed by atoms with Crippen LogP contribution in [0.25, 0.3) is 0 Å². The number of amides is 1. The van der Waals surface area contributed by atoms with E-state index in [4.69, 9.17) is 4.74 Å². The monoisotopic (exact) mass is 291 g/mol. The Kier molecular flexibility index (Phi) is 4.96. The minimum atomic E-state index is -1.05. The zero-order valence-corrected chi connectivity index (χ0v) is 12.4. The first-order valence-electron chi connectivity index (χ1n) is 7.17. The van der Waals surface area contributed by atoms with Crippen molar-refractivity contribution in [3.05, 3.63) is 34.9 Å². The van der Waals surface area contributed by atoms with Crippen LogP contribution in [0, 0.1) is 19.8 Å². The normalized spacial score (nSPS) is 19.8. The Labute approximate surface area is 124 Å². The second-order valence-electron chi connectivity index (χ2n) is 5.54. The molecule has 1 saturated heterocycles. The van der Waals surface area contributed by atoms with Gasteiger partial charge in [0, 0.05) is 6.61 Å². The summed E-state index contributed by atoms with van der Waals surface area (Å²) in [6, 6.07) is 4.42. The van der Waals surface area contributed by atoms with Crippen molar-refractivity contribution in [3.8, 4) is 0 Å². The zero-order valence-electron chi connectivity index (χ0n) is 12.4. The van der Waals surface area contributed by atoms with E-state index in [0.717, 1.165) is 24.0 Å². The van der Waals surface area contributed by atoms with Gasteiger partial charge in [0.25, 0.3) is 0 Å². The molecule has 1 heterocycles. The number of aliphatic carboxylic acids is 1. The molecule has 1 aromatic rings. The van der Waals surface area contributed by atoms with Crippen LogP contribution in [0.1, 0.15) is 35.6 Å². The predicted molar refractivity (Wildman–Crippen MR) is 78.0 cm³/mol. The fraction of sp³-hybridized carbons (Fsp3) is 0.500. The smallest absolute Gasteiger partial charge is 0.330 e. The van der Waals surface area contributed by atoms with Crippen LogP contribution in [0.5, 0.6) is 0 Å². The highest BCUT2D eigenvalue weighted by atomic mass is 16.5. The molecule has 1 aliphatic rings. The number of hydrogen-bond donors (Lipinski definition) is 2. The number of aryl methyl sites for hydroxylation is 2. The first-order valence-corrected chi connectivity index (χ1v) is 7.17. The Hall–Kier alpha value is -1.88. The van der Waals surface area contributed by atoms with Gasteiger partial charge >= 0.3 is 5.97 Å². The van der Waals surface area contributed by atoms with E-state index in [2.05, 4.69) is 5.32 Å². The standard InChI is InChI=1S/C16H21NO4/c1-10-5-6-12(8-11(10)2)14(16(19)20)17-15(18)13-4-3-7-21-9-13/h5-6,8,13-14H,3-4,7,9H2,1-2H3,(H,17,18)(H,19,20). The number of carbonyl (C=O) groups excluding carboxylic acids is 1. The third kappa shape index (κ3) is 3.82. The van der Waals surface area contributed by atoms with Crippen molar-refractivity contribution in [3.63, 3.8) is 0 Å². The van der Waals surface area contributed by atoms with Crippen molar-refractivity contribution in [1.29, 1.82) is 0 Å². The molecule has 1 aliphatic heterocycles. The second kappa shape index (κ2) is 6.72. The van der Waals surface area contributed by atoms with Crippen molar-refractivity contribution < 1.29 is 19.4 Å². The van der Waals surface area contributed by atoms with Gasteiger partial charge in [-0.3, -0.25) is 4.79 Å². The lowest BCUT2D eigenvalue weighted by atomic mass is 9.98. The highest BCUT2D eigenvalue weighted by molar-refractivity contribution is 5.86. The summed E-state index contributed by atoms with van der Waals surface area (Å²) in [5, 5.41) is 12.0. The number of hydrogen-bond acceptors (Lipinski definition) is 3. The van der Waals surface area contributed by atoms with Gasteiger partial charge in [-0.1, -0.05) is 18.2 Å². The van der Waals surface area contributed by atoms with Crippen molar-refractivity contribution in [2.24, 2.45) is 5.92 Å². The van der Waals surface area contributed by atoms with Crippen LogP contribution >= 0.6 is 0 Å². The molecule has 21 heavy (non-hydrogen) atoms. The van der Waals surface area contributed by atoms with Gasteiger partial charge in [-0.2, -0.15) is 0 Å². The summed E-state index contributed by atoms with van der Waals surface area (Å²) in [7, 11) is 0. The van der Waals surface area contributed by atoms with Crippen LogP contribution in [0.4, 0.5) is 0 Å². The topological polar surface area (TPSA) is 75.6 Å². The molecule has 1 fully saturated rings. The van der Waals surface area contributed by atoms with E-state index in [1.165, 1.54) is 0 Å². The van der Waals surface area contributed by atoms with Gasteiger partial charge < -0.3 is 15.2 Å². The Bertz CT molecular complexity index is 535. The molecule has 2 atom stereocenters. The number of carboxylic acid groups (broad SMARTS) is 1. The van der Waals surface area contributed by atoms with Gasteiger partial charge in [0.1, 0.15) is 0 Å². The maximum absolute atomic E-state index is 12.2. The quantitative estimate of drug-likeness (QED) is 0.889. The van der Waals surface area contributed by atoms with Crippen molar-refractivity contribution in [1.82, 2.24) is 5.32 Å². The lowest BCUT2D eigenvalue weighted by Crippen LogP contribution is -2.40. The average molecular weight is 291 g/mol. The van der Waals surface area contributed by atoms with E-state index in [9.17, 15) is 14.7 Å².